The van der Waals surface area contributed by atoms with Crippen molar-refractivity contribution in [1.82, 2.24) is 0 Å². The number of hydrogen-bond acceptors (Lipinski definition) is 1. The predicted octanol–water partition coefficient (Wildman–Crippen LogP) is 3.90. The maximum atomic E-state index is 13.6. The molecule has 1 nitrogen and oxygen atoms in total. The molecule has 96 valence electrons. The maximum absolute atomic E-state index is 13.6. The number of rotatable bonds is 3. The monoisotopic (exact) mass is 249 g/mol. The first-order valence-electron chi connectivity index (χ1n) is 6.51. The van der Waals surface area contributed by atoms with E-state index in [0.29, 0.717) is 23.3 Å². The van der Waals surface area contributed by atoms with Crippen molar-refractivity contribution in [3.05, 3.63) is 41.5 Å². The summed E-state index contributed by atoms with van der Waals surface area (Å²) in [6.07, 6.45) is 6.96. The SMILES string of the molecule is Cc1cc(F)c(NCC2CC3C=CC2C3)cc1F. The number of allylic oxidation sites excluding steroid dienone is 2. The van der Waals surface area contributed by atoms with Crippen molar-refractivity contribution in [1.29, 1.82) is 0 Å². The molecule has 0 spiro atoms. The van der Waals surface area contributed by atoms with Crippen molar-refractivity contribution in [3.8, 4) is 0 Å². The van der Waals surface area contributed by atoms with Gasteiger partial charge in [-0.1, -0.05) is 12.2 Å². The van der Waals surface area contributed by atoms with Crippen molar-refractivity contribution in [3.63, 3.8) is 0 Å². The van der Waals surface area contributed by atoms with Crippen LogP contribution in [-0.4, -0.2) is 6.54 Å². The van der Waals surface area contributed by atoms with Gasteiger partial charge in [0.05, 0.1) is 5.69 Å². The van der Waals surface area contributed by atoms with Gasteiger partial charge >= 0.3 is 0 Å². The molecule has 0 saturated heterocycles. The lowest BCUT2D eigenvalue weighted by molar-refractivity contribution is 0.470. The van der Waals surface area contributed by atoms with Crippen molar-refractivity contribution < 1.29 is 8.78 Å². The highest BCUT2D eigenvalue weighted by Crippen LogP contribution is 2.43. The van der Waals surface area contributed by atoms with Gasteiger partial charge in [0, 0.05) is 12.6 Å². The summed E-state index contributed by atoms with van der Waals surface area (Å²) in [5, 5.41) is 3.06. The van der Waals surface area contributed by atoms with E-state index >= 15 is 0 Å². The number of hydrogen-bond donors (Lipinski definition) is 1. The second kappa shape index (κ2) is 4.38. The van der Waals surface area contributed by atoms with Crippen LogP contribution in [0.4, 0.5) is 14.5 Å². The molecule has 1 saturated carbocycles. The fourth-order valence-corrected chi connectivity index (χ4v) is 3.15. The van der Waals surface area contributed by atoms with E-state index in [4.69, 9.17) is 0 Å². The number of benzene rings is 1. The Bertz CT molecular complexity index is 496. The molecule has 0 aromatic heterocycles. The molecule has 0 radical (unpaired) electrons. The van der Waals surface area contributed by atoms with Crippen LogP contribution in [0.3, 0.4) is 0 Å². The molecule has 0 aliphatic heterocycles. The van der Waals surface area contributed by atoms with E-state index in [-0.39, 0.29) is 17.3 Å². The minimum absolute atomic E-state index is 0.282. The van der Waals surface area contributed by atoms with Crippen LogP contribution in [0.25, 0.3) is 0 Å². The minimum Gasteiger partial charge on any atom is -0.382 e. The van der Waals surface area contributed by atoms with Gasteiger partial charge < -0.3 is 5.32 Å². The molecule has 2 bridgehead atoms. The number of aryl methyl sites for hydroxylation is 1. The second-order valence-electron chi connectivity index (χ2n) is 5.50. The summed E-state index contributed by atoms with van der Waals surface area (Å²) in [6.45, 7) is 2.30. The molecule has 2 aliphatic rings. The van der Waals surface area contributed by atoms with Gasteiger partial charge in [0.15, 0.2) is 0 Å². The van der Waals surface area contributed by atoms with Crippen LogP contribution >= 0.6 is 0 Å². The zero-order chi connectivity index (χ0) is 12.7. The van der Waals surface area contributed by atoms with Crippen LogP contribution in [0.1, 0.15) is 18.4 Å². The van der Waals surface area contributed by atoms with Gasteiger partial charge in [-0.05, 0) is 49.1 Å². The smallest absolute Gasteiger partial charge is 0.146 e. The van der Waals surface area contributed by atoms with E-state index < -0.39 is 0 Å². The molecule has 1 fully saturated rings. The molecule has 18 heavy (non-hydrogen) atoms. The first-order valence-corrected chi connectivity index (χ1v) is 6.51. The highest BCUT2D eigenvalue weighted by Gasteiger charge is 2.35. The van der Waals surface area contributed by atoms with E-state index in [1.807, 2.05) is 0 Å². The highest BCUT2D eigenvalue weighted by atomic mass is 19.1. The predicted molar refractivity (Wildman–Crippen MR) is 68.4 cm³/mol. The van der Waals surface area contributed by atoms with E-state index in [1.54, 1.807) is 6.92 Å². The zero-order valence-electron chi connectivity index (χ0n) is 10.4. The molecule has 2 aliphatic carbocycles. The lowest BCUT2D eigenvalue weighted by atomic mass is 9.93. The van der Waals surface area contributed by atoms with E-state index in [1.165, 1.54) is 25.0 Å². The minimum atomic E-state index is -0.368. The maximum Gasteiger partial charge on any atom is 0.146 e. The Kier molecular flexibility index (Phi) is 2.84. The molecular formula is C15H17F2N. The third-order valence-corrected chi connectivity index (χ3v) is 4.22. The lowest BCUT2D eigenvalue weighted by Gasteiger charge is -2.19. The number of fused-ring (bicyclic) bond motifs is 2. The molecule has 1 aromatic carbocycles. The summed E-state index contributed by atoms with van der Waals surface area (Å²) in [5.41, 5.74) is 0.630. The second-order valence-corrected chi connectivity index (χ2v) is 5.50. The van der Waals surface area contributed by atoms with Gasteiger partial charge in [-0.15, -0.1) is 0 Å². The van der Waals surface area contributed by atoms with Crippen LogP contribution in [0.2, 0.25) is 0 Å². The van der Waals surface area contributed by atoms with Gasteiger partial charge in [0.1, 0.15) is 11.6 Å². The number of nitrogens with one attached hydrogen (secondary N) is 1. The summed E-state index contributed by atoms with van der Waals surface area (Å²) < 4.78 is 27.0. The van der Waals surface area contributed by atoms with Crippen LogP contribution in [0.5, 0.6) is 0 Å². The van der Waals surface area contributed by atoms with Crippen molar-refractivity contribution in [2.75, 3.05) is 11.9 Å². The summed E-state index contributed by atoms with van der Waals surface area (Å²) in [4.78, 5) is 0. The van der Waals surface area contributed by atoms with Gasteiger partial charge in [-0.2, -0.15) is 0 Å². The summed E-state index contributed by atoms with van der Waals surface area (Å²) >= 11 is 0. The number of anilines is 1. The van der Waals surface area contributed by atoms with Gasteiger partial charge in [-0.25, -0.2) is 8.78 Å². The number of halogens is 2. The fourth-order valence-electron chi connectivity index (χ4n) is 3.15. The fraction of sp³-hybridized carbons (Fsp3) is 0.467. The Morgan fingerprint density at radius 1 is 1.17 bits per heavy atom. The standard InChI is InChI=1S/C15H17F2N/c1-9-4-14(17)15(7-13(9)16)18-8-12-6-10-2-3-11(12)5-10/h2-4,7,10-12,18H,5-6,8H2,1H3. The molecule has 3 rings (SSSR count). The van der Waals surface area contributed by atoms with Gasteiger partial charge in [0.25, 0.3) is 0 Å². The summed E-state index contributed by atoms with van der Waals surface area (Å²) in [5.74, 6) is 1.17. The first kappa shape index (κ1) is 11.7. The molecule has 1 aromatic rings. The van der Waals surface area contributed by atoms with Gasteiger partial charge in [0.2, 0.25) is 0 Å². The zero-order valence-corrected chi connectivity index (χ0v) is 10.4. The Morgan fingerprint density at radius 2 is 2.00 bits per heavy atom. The molecule has 1 N–H and O–H groups in total. The average Bonchev–Trinajstić information content (AvgIpc) is 2.94. The Labute approximate surface area is 106 Å². The molecule has 0 heterocycles. The van der Waals surface area contributed by atoms with E-state index in [2.05, 4.69) is 17.5 Å². The van der Waals surface area contributed by atoms with E-state index in [0.717, 1.165) is 6.54 Å². The van der Waals surface area contributed by atoms with Crippen LogP contribution < -0.4 is 5.32 Å². The Hall–Kier alpha value is -1.38. The first-order chi connectivity index (χ1) is 8.63. The Morgan fingerprint density at radius 3 is 2.67 bits per heavy atom. The molecule has 3 heteroatoms. The van der Waals surface area contributed by atoms with E-state index in [9.17, 15) is 8.78 Å². The molecule has 0 amide bonds. The van der Waals surface area contributed by atoms with Crippen LogP contribution in [0.15, 0.2) is 24.3 Å². The third kappa shape index (κ3) is 2.02. The normalized spacial score (nSPS) is 28.9. The quantitative estimate of drug-likeness (QED) is 0.801. The van der Waals surface area contributed by atoms with Crippen molar-refractivity contribution >= 4 is 5.69 Å². The lowest BCUT2D eigenvalue weighted by Crippen LogP contribution is -2.18. The third-order valence-electron chi connectivity index (χ3n) is 4.22. The summed E-state index contributed by atoms with van der Waals surface area (Å²) in [7, 11) is 0. The topological polar surface area (TPSA) is 12.0 Å². The van der Waals surface area contributed by atoms with Gasteiger partial charge in [-0.3, -0.25) is 0 Å². The molecule has 3 unspecified atom stereocenters. The Balaban J connectivity index is 1.67. The summed E-state index contributed by atoms with van der Waals surface area (Å²) in [6, 6.07) is 2.51. The van der Waals surface area contributed by atoms with Crippen molar-refractivity contribution in [2.45, 2.75) is 19.8 Å². The average molecular weight is 249 g/mol. The highest BCUT2D eigenvalue weighted by molar-refractivity contribution is 5.47. The van der Waals surface area contributed by atoms with Crippen LogP contribution in [0, 0.1) is 36.3 Å². The van der Waals surface area contributed by atoms with Crippen molar-refractivity contribution in [2.24, 2.45) is 17.8 Å². The van der Waals surface area contributed by atoms with Crippen LogP contribution in [-0.2, 0) is 0 Å². The molecular weight excluding hydrogens is 232 g/mol. The molecule has 3 atom stereocenters. The largest absolute Gasteiger partial charge is 0.382 e.